The summed E-state index contributed by atoms with van der Waals surface area (Å²) in [6, 6.07) is 9.01. The van der Waals surface area contributed by atoms with E-state index >= 15 is 0 Å². The molecule has 0 fully saturated rings. The lowest BCUT2D eigenvalue weighted by molar-refractivity contribution is 0.0647. The first-order valence-electron chi connectivity index (χ1n) is 8.40. The Morgan fingerprint density at radius 1 is 0.957 bits per heavy atom. The summed E-state index contributed by atoms with van der Waals surface area (Å²) in [6.07, 6.45) is 2.71. The van der Waals surface area contributed by atoms with Crippen LogP contribution in [0.3, 0.4) is 0 Å². The molecule has 0 unspecified atom stereocenters. The fourth-order valence-electron chi connectivity index (χ4n) is 2.33. The summed E-state index contributed by atoms with van der Waals surface area (Å²) in [5.74, 6) is 0. The van der Waals surface area contributed by atoms with Crippen LogP contribution < -0.4 is 0 Å². The lowest BCUT2D eigenvalue weighted by atomic mass is 10.1. The van der Waals surface area contributed by atoms with Gasteiger partial charge in [-0.1, -0.05) is 36.9 Å². The Labute approximate surface area is 141 Å². The lowest BCUT2D eigenvalue weighted by Crippen LogP contribution is -2.46. The van der Waals surface area contributed by atoms with Crippen LogP contribution in [0.15, 0.2) is 30.8 Å². The molecule has 5 heteroatoms. The summed E-state index contributed by atoms with van der Waals surface area (Å²) < 4.78 is 23.2. The standard InChI is InChI=1S/C18H30O4Si/c1-5-17-10-12-18(13-11-17)16-19-14-9-15-23(20-6-2,21-7-3)22-8-4/h5,10-13H,1,6-9,14-16H2,2-4H3. The van der Waals surface area contributed by atoms with Crippen molar-refractivity contribution in [2.24, 2.45) is 0 Å². The van der Waals surface area contributed by atoms with Crippen molar-refractivity contribution in [2.75, 3.05) is 26.4 Å². The average Bonchev–Trinajstić information content (AvgIpc) is 2.56. The summed E-state index contributed by atoms with van der Waals surface area (Å²) in [5, 5.41) is 0. The molecule has 0 saturated carbocycles. The average molecular weight is 339 g/mol. The van der Waals surface area contributed by atoms with Crippen LogP contribution in [-0.2, 0) is 24.6 Å². The monoisotopic (exact) mass is 338 g/mol. The first-order valence-corrected chi connectivity index (χ1v) is 10.3. The van der Waals surface area contributed by atoms with Crippen molar-refractivity contribution >= 4 is 14.9 Å². The van der Waals surface area contributed by atoms with Crippen LogP contribution in [-0.4, -0.2) is 35.2 Å². The van der Waals surface area contributed by atoms with E-state index in [9.17, 15) is 0 Å². The zero-order valence-electron chi connectivity index (χ0n) is 14.7. The quantitative estimate of drug-likeness (QED) is 0.397. The molecule has 0 aliphatic heterocycles. The molecular formula is C18H30O4Si. The molecule has 0 aliphatic carbocycles. The minimum Gasteiger partial charge on any atom is -0.377 e. The molecule has 0 spiro atoms. The first-order chi connectivity index (χ1) is 11.2. The van der Waals surface area contributed by atoms with Gasteiger partial charge in [-0.3, -0.25) is 0 Å². The van der Waals surface area contributed by atoms with Crippen molar-refractivity contribution in [3.63, 3.8) is 0 Å². The molecule has 0 aromatic heterocycles. The Bertz CT molecular complexity index is 416. The maximum absolute atomic E-state index is 5.83. The molecule has 1 aromatic rings. The van der Waals surface area contributed by atoms with Gasteiger partial charge in [-0.2, -0.15) is 0 Å². The van der Waals surface area contributed by atoms with Gasteiger partial charge in [0, 0.05) is 32.5 Å². The predicted octanol–water partition coefficient (Wildman–Crippen LogP) is 4.28. The van der Waals surface area contributed by atoms with Gasteiger partial charge in [0.2, 0.25) is 0 Å². The third kappa shape index (κ3) is 7.41. The summed E-state index contributed by atoms with van der Waals surface area (Å²) in [5.41, 5.74) is 2.29. The van der Waals surface area contributed by atoms with Gasteiger partial charge in [-0.25, -0.2) is 0 Å². The Hall–Kier alpha value is -0.983. The highest BCUT2D eigenvalue weighted by Crippen LogP contribution is 2.18. The van der Waals surface area contributed by atoms with Crippen LogP contribution in [0.4, 0.5) is 0 Å². The van der Waals surface area contributed by atoms with Crippen LogP contribution in [0, 0.1) is 0 Å². The van der Waals surface area contributed by atoms with Crippen LogP contribution in [0.5, 0.6) is 0 Å². The summed E-state index contributed by atoms with van der Waals surface area (Å²) in [4.78, 5) is 0. The van der Waals surface area contributed by atoms with Gasteiger partial charge in [0.05, 0.1) is 6.61 Å². The summed E-state index contributed by atoms with van der Waals surface area (Å²) >= 11 is 0. The predicted molar refractivity (Wildman–Crippen MR) is 96.2 cm³/mol. The van der Waals surface area contributed by atoms with Gasteiger partial charge in [0.1, 0.15) is 0 Å². The van der Waals surface area contributed by atoms with Crippen molar-refractivity contribution in [2.45, 2.75) is 39.8 Å². The molecule has 0 heterocycles. The van der Waals surface area contributed by atoms with E-state index in [2.05, 4.69) is 18.7 Å². The van der Waals surface area contributed by atoms with E-state index in [1.54, 1.807) is 0 Å². The zero-order valence-corrected chi connectivity index (χ0v) is 15.7. The third-order valence-electron chi connectivity index (χ3n) is 3.35. The van der Waals surface area contributed by atoms with Gasteiger partial charge in [0.15, 0.2) is 0 Å². The van der Waals surface area contributed by atoms with Crippen molar-refractivity contribution in [1.29, 1.82) is 0 Å². The second-order valence-corrected chi connectivity index (χ2v) is 7.82. The number of hydrogen-bond acceptors (Lipinski definition) is 4. The van der Waals surface area contributed by atoms with Crippen molar-refractivity contribution < 1.29 is 18.0 Å². The number of rotatable bonds is 13. The summed E-state index contributed by atoms with van der Waals surface area (Å²) in [6.45, 7) is 12.8. The topological polar surface area (TPSA) is 36.9 Å². The molecule has 0 aliphatic rings. The molecule has 4 nitrogen and oxygen atoms in total. The van der Waals surface area contributed by atoms with E-state index in [4.69, 9.17) is 18.0 Å². The second-order valence-electron chi connectivity index (χ2n) is 5.08. The maximum Gasteiger partial charge on any atom is 0.501 e. The highest BCUT2D eigenvalue weighted by atomic mass is 28.4. The molecule has 0 bridgehead atoms. The largest absolute Gasteiger partial charge is 0.501 e. The van der Waals surface area contributed by atoms with Gasteiger partial charge in [-0.05, 0) is 38.3 Å². The lowest BCUT2D eigenvalue weighted by Gasteiger charge is -2.28. The smallest absolute Gasteiger partial charge is 0.377 e. The van der Waals surface area contributed by atoms with E-state index in [1.165, 1.54) is 5.56 Å². The molecule has 0 N–H and O–H groups in total. The highest BCUT2D eigenvalue weighted by molar-refractivity contribution is 6.60. The minimum atomic E-state index is -2.53. The van der Waals surface area contributed by atoms with E-state index in [0.29, 0.717) is 33.0 Å². The molecular weight excluding hydrogens is 308 g/mol. The third-order valence-corrected chi connectivity index (χ3v) is 6.50. The highest BCUT2D eigenvalue weighted by Gasteiger charge is 2.39. The zero-order chi connectivity index (χ0) is 17.0. The molecule has 1 rings (SSSR count). The molecule has 0 amide bonds. The number of ether oxygens (including phenoxy) is 1. The Morgan fingerprint density at radius 3 is 2.00 bits per heavy atom. The second kappa shape index (κ2) is 11.5. The van der Waals surface area contributed by atoms with Gasteiger partial charge in [0.25, 0.3) is 0 Å². The Morgan fingerprint density at radius 2 is 1.52 bits per heavy atom. The van der Waals surface area contributed by atoms with E-state index < -0.39 is 8.80 Å². The SMILES string of the molecule is C=Cc1ccc(COCCC[Si](OCC)(OCC)OCC)cc1. The molecule has 130 valence electrons. The normalized spacial score (nSPS) is 11.6. The van der Waals surface area contributed by atoms with E-state index in [0.717, 1.165) is 18.0 Å². The van der Waals surface area contributed by atoms with Crippen LogP contribution in [0.1, 0.15) is 38.3 Å². The summed E-state index contributed by atoms with van der Waals surface area (Å²) in [7, 11) is -2.53. The Kier molecular flexibility index (Phi) is 10.1. The van der Waals surface area contributed by atoms with E-state index in [-0.39, 0.29) is 0 Å². The molecule has 23 heavy (non-hydrogen) atoms. The molecule has 0 radical (unpaired) electrons. The Balaban J connectivity index is 2.35. The van der Waals surface area contributed by atoms with Crippen LogP contribution in [0.2, 0.25) is 6.04 Å². The molecule has 0 saturated heterocycles. The number of hydrogen-bond donors (Lipinski definition) is 0. The maximum atomic E-state index is 5.83. The van der Waals surface area contributed by atoms with Gasteiger partial charge < -0.3 is 18.0 Å². The van der Waals surface area contributed by atoms with Crippen molar-refractivity contribution in [3.8, 4) is 0 Å². The van der Waals surface area contributed by atoms with E-state index in [1.807, 2.05) is 39.0 Å². The fourth-order valence-corrected chi connectivity index (χ4v) is 4.91. The molecule has 0 atom stereocenters. The van der Waals surface area contributed by atoms with Crippen LogP contribution in [0.25, 0.3) is 6.08 Å². The van der Waals surface area contributed by atoms with Crippen molar-refractivity contribution in [1.82, 2.24) is 0 Å². The minimum absolute atomic E-state index is 0.614. The van der Waals surface area contributed by atoms with Crippen LogP contribution >= 0.6 is 0 Å². The van der Waals surface area contributed by atoms with Gasteiger partial charge >= 0.3 is 8.80 Å². The van der Waals surface area contributed by atoms with Gasteiger partial charge in [-0.15, -0.1) is 0 Å². The first kappa shape index (κ1) is 20.1. The number of benzene rings is 1. The molecule has 1 aromatic carbocycles. The fraction of sp³-hybridized carbons (Fsp3) is 0.556. The van der Waals surface area contributed by atoms with Crippen molar-refractivity contribution in [3.05, 3.63) is 42.0 Å².